The highest BCUT2D eigenvalue weighted by molar-refractivity contribution is 9.09. The van der Waals surface area contributed by atoms with Gasteiger partial charge in [0.1, 0.15) is 83.5 Å². The lowest BCUT2D eigenvalue weighted by Gasteiger charge is -2.58. The molecule has 2 saturated heterocycles. The van der Waals surface area contributed by atoms with E-state index in [1.165, 1.54) is 11.1 Å². The van der Waals surface area contributed by atoms with E-state index in [-0.39, 0.29) is 84.1 Å². The highest BCUT2D eigenvalue weighted by Crippen LogP contribution is 2.60. The first-order valence-electron chi connectivity index (χ1n) is 31.8. The van der Waals surface area contributed by atoms with Crippen molar-refractivity contribution < 1.29 is 75.8 Å². The molecule has 0 spiro atoms. The SMILES string of the molecule is CC1=C(CBr)[C@@]2(C)CC[C@H](O[C@@H]3O[C@H](COCOCc4ccccc4)[C@@H](OCOCc4ccccc4)[C@H](OCOCc4ccccc4)[C@H]3O[C@@H]3OC[C@@H](OCOCc4ccccc4)[C@H](OCOCc4ccccc4)[C@H]3OCOCc3ccccc3)C(C)(C)[C@@H]2CC1. The van der Waals surface area contributed by atoms with E-state index in [1.54, 1.807) is 0 Å². The molecule has 0 aromatic heterocycles. The van der Waals surface area contributed by atoms with Gasteiger partial charge in [0.05, 0.1) is 59.0 Å². The molecule has 10 rings (SSSR count). The summed E-state index contributed by atoms with van der Waals surface area (Å²) in [4.78, 5) is 0. The van der Waals surface area contributed by atoms with Crippen LogP contribution in [0.5, 0.6) is 0 Å². The Labute approximate surface area is 546 Å². The summed E-state index contributed by atoms with van der Waals surface area (Å²) in [5.41, 5.74) is 8.51. The van der Waals surface area contributed by atoms with Gasteiger partial charge in [-0.1, -0.05) is 230 Å². The molecule has 0 unspecified atom stereocenters. The van der Waals surface area contributed by atoms with Crippen molar-refractivity contribution >= 4 is 15.9 Å². The van der Waals surface area contributed by atoms with Crippen LogP contribution in [0.4, 0.5) is 0 Å². The zero-order chi connectivity index (χ0) is 62.9. The van der Waals surface area contributed by atoms with Gasteiger partial charge in [0.2, 0.25) is 0 Å². The molecule has 4 aliphatic rings. The maximum atomic E-state index is 7.62. The molecule has 16 nitrogen and oxygen atoms in total. The minimum atomic E-state index is -1.19. The van der Waals surface area contributed by atoms with E-state index in [0.717, 1.165) is 64.4 Å². The van der Waals surface area contributed by atoms with Gasteiger partial charge >= 0.3 is 0 Å². The molecular weight excluding hydrogens is 1220 g/mol. The predicted molar refractivity (Wildman–Crippen MR) is 345 cm³/mol. The maximum absolute atomic E-state index is 7.62. The molecule has 2 heterocycles. The monoisotopic (exact) mass is 1310 g/mol. The summed E-state index contributed by atoms with van der Waals surface area (Å²) >= 11 is 3.91. The Morgan fingerprint density at radius 3 is 1.29 bits per heavy atom. The van der Waals surface area contributed by atoms with Gasteiger partial charge in [-0.05, 0) is 82.7 Å². The van der Waals surface area contributed by atoms with E-state index in [2.05, 4.69) is 43.6 Å². The molecule has 17 heteroatoms. The number of halogens is 1. The summed E-state index contributed by atoms with van der Waals surface area (Å²) in [6.07, 6.45) is -5.35. The zero-order valence-electron chi connectivity index (χ0n) is 53.0. The number of ether oxygens (including phenoxy) is 16. The van der Waals surface area contributed by atoms with Crippen molar-refractivity contribution in [1.82, 2.24) is 0 Å². The molecule has 0 N–H and O–H groups in total. The summed E-state index contributed by atoms with van der Waals surface area (Å²) in [5.74, 6) is 0.293. The number of rotatable bonds is 36. The highest BCUT2D eigenvalue weighted by Gasteiger charge is 2.58. The number of benzene rings is 6. The van der Waals surface area contributed by atoms with Crippen LogP contribution in [0.25, 0.3) is 0 Å². The summed E-state index contributed by atoms with van der Waals surface area (Å²) in [6.45, 7) is 10.6. The van der Waals surface area contributed by atoms with Crippen molar-refractivity contribution in [3.05, 3.63) is 227 Å². The lowest BCUT2D eigenvalue weighted by atomic mass is 9.49. The largest absolute Gasteiger partial charge is 0.353 e. The van der Waals surface area contributed by atoms with Gasteiger partial charge in [-0.25, -0.2) is 0 Å². The van der Waals surface area contributed by atoms with Gasteiger partial charge in [-0.3, -0.25) is 0 Å². The van der Waals surface area contributed by atoms with Gasteiger partial charge in [-0.2, -0.15) is 0 Å². The smallest absolute Gasteiger partial charge is 0.187 e. The Balaban J connectivity index is 0.995. The van der Waals surface area contributed by atoms with Crippen LogP contribution in [-0.4, -0.2) is 121 Å². The van der Waals surface area contributed by atoms with Crippen molar-refractivity contribution in [3.63, 3.8) is 0 Å². The predicted octanol–water partition coefficient (Wildman–Crippen LogP) is 13.8. The first kappa shape index (κ1) is 68.8. The Kier molecular flexibility index (Phi) is 27.2. The zero-order valence-corrected chi connectivity index (χ0v) is 54.6. The lowest BCUT2D eigenvalue weighted by Crippen LogP contribution is -2.66. The number of hydrogen-bond donors (Lipinski definition) is 0. The fourth-order valence-electron chi connectivity index (χ4n) is 13.2. The van der Waals surface area contributed by atoms with Gasteiger partial charge in [0.25, 0.3) is 0 Å². The standard InChI is InChI=1S/C74H91BrO16/c1-54-35-36-64-73(2,3)65(37-38-74(64,4)61(54)39-75)90-72-70(68(87-52-80-44-59-31-19-9-20-32-59)67(86-51-79-43-58-29-17-8-18-30-58)63(89-72)46-82-48-76-40-55-23-11-5-12-24-55)91-71-69(88-53-81-45-60-33-21-10-22-34-60)66(85-50-78-42-57-27-15-7-16-28-57)62(47-83-71)84-49-77-41-56-25-13-6-14-26-56/h5-34,62-72H,35-53H2,1-4H3/t62-,63-,64+,65+,66+,67-,68+,69-,70-,71+,72+,74-/m1/s1. The fraction of sp³-hybridized carbons (Fsp3) is 0.486. The number of alkyl halides is 1. The minimum Gasteiger partial charge on any atom is -0.353 e. The van der Waals surface area contributed by atoms with Crippen molar-refractivity contribution in [1.29, 1.82) is 0 Å². The van der Waals surface area contributed by atoms with Gasteiger partial charge < -0.3 is 75.8 Å². The third kappa shape index (κ3) is 19.7. The Hall–Kier alpha value is -5.10. The van der Waals surface area contributed by atoms with Gasteiger partial charge in [0, 0.05) is 5.33 Å². The van der Waals surface area contributed by atoms with E-state index in [0.29, 0.717) is 32.3 Å². The lowest BCUT2D eigenvalue weighted by molar-refractivity contribution is -0.391. The Morgan fingerprint density at radius 1 is 0.429 bits per heavy atom. The molecule has 0 amide bonds. The van der Waals surface area contributed by atoms with E-state index in [9.17, 15) is 0 Å². The molecule has 1 saturated carbocycles. The molecule has 3 fully saturated rings. The van der Waals surface area contributed by atoms with Crippen LogP contribution in [0.2, 0.25) is 0 Å². The van der Waals surface area contributed by atoms with Crippen LogP contribution >= 0.6 is 15.9 Å². The average molecular weight is 1320 g/mol. The molecule has 2 aliphatic carbocycles. The summed E-state index contributed by atoms with van der Waals surface area (Å²) < 4.78 is 107. The molecule has 6 aromatic rings. The number of hydrogen-bond acceptors (Lipinski definition) is 16. The van der Waals surface area contributed by atoms with E-state index in [4.69, 9.17) is 75.8 Å². The van der Waals surface area contributed by atoms with Crippen LogP contribution in [0.15, 0.2) is 193 Å². The topological polar surface area (TPSA) is 148 Å². The van der Waals surface area contributed by atoms with Gasteiger partial charge in [0.15, 0.2) is 12.6 Å². The molecule has 2 aliphatic heterocycles. The maximum Gasteiger partial charge on any atom is 0.187 e. The van der Waals surface area contributed by atoms with Crippen LogP contribution < -0.4 is 0 Å². The van der Waals surface area contributed by atoms with Crippen LogP contribution in [-0.2, 0) is 115 Å². The van der Waals surface area contributed by atoms with Crippen LogP contribution in [0.3, 0.4) is 0 Å². The number of allylic oxidation sites excluding steroid dienone is 2. The minimum absolute atomic E-state index is 0.00369. The van der Waals surface area contributed by atoms with Crippen molar-refractivity contribution in [2.24, 2.45) is 16.7 Å². The third-order valence-corrected chi connectivity index (χ3v) is 18.6. The first-order chi connectivity index (χ1) is 44.7. The average Bonchev–Trinajstić information content (AvgIpc) is 0.763. The third-order valence-electron chi connectivity index (χ3n) is 18.0. The molecular formula is C74H91BrO16. The van der Waals surface area contributed by atoms with E-state index in [1.807, 2.05) is 182 Å². The Morgan fingerprint density at radius 2 is 0.835 bits per heavy atom. The summed E-state index contributed by atoms with van der Waals surface area (Å²) in [6, 6.07) is 59.6. The molecule has 6 aromatic carbocycles. The van der Waals surface area contributed by atoms with E-state index < -0.39 is 55.3 Å². The molecule has 12 atom stereocenters. The molecule has 490 valence electrons. The molecule has 0 bridgehead atoms. The number of fused-ring (bicyclic) bond motifs is 1. The second-order valence-electron chi connectivity index (χ2n) is 24.5. The highest BCUT2D eigenvalue weighted by atomic mass is 79.9. The quantitative estimate of drug-likeness (QED) is 0.0159. The van der Waals surface area contributed by atoms with Crippen LogP contribution in [0, 0.1) is 16.7 Å². The van der Waals surface area contributed by atoms with Crippen LogP contribution in [0.1, 0.15) is 86.8 Å². The van der Waals surface area contributed by atoms with E-state index >= 15 is 0 Å². The second kappa shape index (κ2) is 36.0. The Bertz CT molecular complexity index is 3010. The second-order valence-corrected chi connectivity index (χ2v) is 25.1. The fourth-order valence-corrected chi connectivity index (χ4v) is 14.3. The normalized spacial score (nSPS) is 26.5. The summed E-state index contributed by atoms with van der Waals surface area (Å²) in [7, 11) is 0. The summed E-state index contributed by atoms with van der Waals surface area (Å²) in [5, 5.41) is 0.825. The van der Waals surface area contributed by atoms with Crippen molar-refractivity contribution in [3.8, 4) is 0 Å². The van der Waals surface area contributed by atoms with Crippen molar-refractivity contribution in [2.75, 3.05) is 59.3 Å². The molecule has 0 radical (unpaired) electrons. The van der Waals surface area contributed by atoms with Gasteiger partial charge in [-0.15, -0.1) is 0 Å². The first-order valence-corrected chi connectivity index (χ1v) is 33.0. The molecule has 91 heavy (non-hydrogen) atoms. The van der Waals surface area contributed by atoms with Crippen molar-refractivity contribution in [2.45, 2.75) is 154 Å².